The van der Waals surface area contributed by atoms with Gasteiger partial charge in [-0.3, -0.25) is 4.79 Å². The molecule has 2 rings (SSSR count). The van der Waals surface area contributed by atoms with Crippen molar-refractivity contribution >= 4 is 5.78 Å². The largest absolute Gasteiger partial charge is 0.497 e. The van der Waals surface area contributed by atoms with Crippen LogP contribution in [0.3, 0.4) is 0 Å². The molecule has 3 heteroatoms. The van der Waals surface area contributed by atoms with Gasteiger partial charge in [-0.25, -0.2) is 0 Å². The van der Waals surface area contributed by atoms with E-state index in [1.54, 1.807) is 21.1 Å². The van der Waals surface area contributed by atoms with Crippen LogP contribution in [0.2, 0.25) is 0 Å². The fourth-order valence-corrected chi connectivity index (χ4v) is 2.11. The molecule has 1 fully saturated rings. The first-order chi connectivity index (χ1) is 7.67. The van der Waals surface area contributed by atoms with E-state index >= 15 is 0 Å². The summed E-state index contributed by atoms with van der Waals surface area (Å²) in [5.41, 5.74) is 1.11. The van der Waals surface area contributed by atoms with Gasteiger partial charge in [-0.15, -0.1) is 0 Å². The summed E-state index contributed by atoms with van der Waals surface area (Å²) < 4.78 is 10.5. The molecule has 0 radical (unpaired) electrons. The van der Waals surface area contributed by atoms with Gasteiger partial charge in [0.1, 0.15) is 17.3 Å². The average Bonchev–Trinajstić information content (AvgIpc) is 3.08. The lowest BCUT2D eigenvalue weighted by atomic mass is 10.1. The van der Waals surface area contributed by atoms with E-state index in [2.05, 4.69) is 0 Å². The third-order valence-corrected chi connectivity index (χ3v) is 3.15. The van der Waals surface area contributed by atoms with E-state index < -0.39 is 0 Å². The minimum Gasteiger partial charge on any atom is -0.497 e. The Balaban J connectivity index is 2.25. The standard InChI is InChI=1S/C13H16O3/c1-8(14)11-7-12(11)10-5-4-9(15-2)6-13(10)16-3/h4-6,11-12H,7H2,1-3H3/t11-,12-/m1/s1. The monoisotopic (exact) mass is 220 g/mol. The number of carbonyl (C=O) groups excluding carboxylic acids is 1. The normalized spacial score (nSPS) is 22.7. The molecular formula is C13H16O3. The highest BCUT2D eigenvalue weighted by Gasteiger charge is 2.43. The average molecular weight is 220 g/mol. The van der Waals surface area contributed by atoms with E-state index in [1.807, 2.05) is 18.2 Å². The first-order valence-corrected chi connectivity index (χ1v) is 5.39. The minimum atomic E-state index is 0.183. The molecule has 0 aromatic heterocycles. The van der Waals surface area contributed by atoms with Crippen molar-refractivity contribution in [3.8, 4) is 11.5 Å². The summed E-state index contributed by atoms with van der Waals surface area (Å²) in [6.45, 7) is 1.65. The summed E-state index contributed by atoms with van der Waals surface area (Å²) >= 11 is 0. The van der Waals surface area contributed by atoms with Crippen LogP contribution in [0.25, 0.3) is 0 Å². The first kappa shape index (κ1) is 11.0. The molecule has 0 heterocycles. The van der Waals surface area contributed by atoms with Crippen LogP contribution in [0, 0.1) is 5.92 Å². The zero-order valence-electron chi connectivity index (χ0n) is 9.82. The first-order valence-electron chi connectivity index (χ1n) is 5.39. The predicted octanol–water partition coefficient (Wildman–Crippen LogP) is 2.40. The summed E-state index contributed by atoms with van der Waals surface area (Å²) in [5.74, 6) is 2.37. The molecule has 0 aliphatic heterocycles. The number of Topliss-reactive ketones (excluding diaryl/α,β-unsaturated/α-hetero) is 1. The van der Waals surface area contributed by atoms with Gasteiger partial charge in [-0.1, -0.05) is 6.07 Å². The molecule has 3 nitrogen and oxygen atoms in total. The Bertz CT molecular complexity index is 412. The van der Waals surface area contributed by atoms with Gasteiger partial charge in [0.15, 0.2) is 0 Å². The van der Waals surface area contributed by atoms with Crippen LogP contribution in [0.4, 0.5) is 0 Å². The maximum atomic E-state index is 11.2. The Morgan fingerprint density at radius 1 is 1.31 bits per heavy atom. The molecular weight excluding hydrogens is 204 g/mol. The molecule has 16 heavy (non-hydrogen) atoms. The highest BCUT2D eigenvalue weighted by atomic mass is 16.5. The van der Waals surface area contributed by atoms with Crippen LogP contribution in [-0.4, -0.2) is 20.0 Å². The third kappa shape index (κ3) is 1.90. The Kier molecular flexibility index (Phi) is 2.86. The smallest absolute Gasteiger partial charge is 0.133 e. The SMILES string of the molecule is COc1ccc([C@H]2C[C@@H]2C(C)=O)c(OC)c1. The van der Waals surface area contributed by atoms with Crippen LogP contribution in [0.15, 0.2) is 18.2 Å². The van der Waals surface area contributed by atoms with Gasteiger partial charge in [0, 0.05) is 12.0 Å². The Morgan fingerprint density at radius 2 is 2.06 bits per heavy atom. The summed E-state index contributed by atoms with van der Waals surface area (Å²) in [6, 6.07) is 5.77. The van der Waals surface area contributed by atoms with Crippen molar-refractivity contribution in [3.05, 3.63) is 23.8 Å². The van der Waals surface area contributed by atoms with Crippen LogP contribution < -0.4 is 9.47 Å². The molecule has 1 aromatic rings. The summed E-state index contributed by atoms with van der Waals surface area (Å²) in [6.07, 6.45) is 0.942. The van der Waals surface area contributed by atoms with Gasteiger partial charge >= 0.3 is 0 Å². The van der Waals surface area contributed by atoms with Crippen molar-refractivity contribution in [2.24, 2.45) is 5.92 Å². The van der Waals surface area contributed by atoms with Crippen molar-refractivity contribution in [2.45, 2.75) is 19.3 Å². The third-order valence-electron chi connectivity index (χ3n) is 3.15. The van der Waals surface area contributed by atoms with Crippen LogP contribution >= 0.6 is 0 Å². The summed E-state index contributed by atoms with van der Waals surface area (Å²) in [5, 5.41) is 0. The Labute approximate surface area is 95.4 Å². The summed E-state index contributed by atoms with van der Waals surface area (Å²) in [4.78, 5) is 11.2. The zero-order chi connectivity index (χ0) is 11.7. The quantitative estimate of drug-likeness (QED) is 0.781. The van der Waals surface area contributed by atoms with E-state index in [0.29, 0.717) is 5.92 Å². The molecule has 0 amide bonds. The molecule has 1 aliphatic rings. The second kappa shape index (κ2) is 4.16. The maximum absolute atomic E-state index is 11.2. The van der Waals surface area contributed by atoms with Crippen LogP contribution in [-0.2, 0) is 4.79 Å². The van der Waals surface area contributed by atoms with E-state index in [-0.39, 0.29) is 11.7 Å². The second-order valence-electron chi connectivity index (χ2n) is 4.17. The minimum absolute atomic E-state index is 0.183. The molecule has 0 bridgehead atoms. The highest BCUT2D eigenvalue weighted by Crippen LogP contribution is 2.51. The van der Waals surface area contributed by atoms with Crippen molar-refractivity contribution in [3.63, 3.8) is 0 Å². The number of hydrogen-bond acceptors (Lipinski definition) is 3. The van der Waals surface area contributed by atoms with Gasteiger partial charge in [0.05, 0.1) is 14.2 Å². The van der Waals surface area contributed by atoms with E-state index in [9.17, 15) is 4.79 Å². The van der Waals surface area contributed by atoms with Crippen LogP contribution in [0.5, 0.6) is 11.5 Å². The van der Waals surface area contributed by atoms with Crippen molar-refractivity contribution in [1.82, 2.24) is 0 Å². The lowest BCUT2D eigenvalue weighted by molar-refractivity contribution is -0.118. The Morgan fingerprint density at radius 3 is 2.56 bits per heavy atom. The van der Waals surface area contributed by atoms with Gasteiger partial charge in [-0.05, 0) is 30.9 Å². The fourth-order valence-electron chi connectivity index (χ4n) is 2.11. The van der Waals surface area contributed by atoms with Crippen molar-refractivity contribution in [2.75, 3.05) is 14.2 Å². The topological polar surface area (TPSA) is 35.5 Å². The van der Waals surface area contributed by atoms with E-state index in [0.717, 1.165) is 23.5 Å². The molecule has 1 aliphatic carbocycles. The molecule has 1 aromatic carbocycles. The highest BCUT2D eigenvalue weighted by molar-refractivity contribution is 5.82. The number of ketones is 1. The molecule has 0 spiro atoms. The van der Waals surface area contributed by atoms with Gasteiger partial charge in [-0.2, -0.15) is 0 Å². The van der Waals surface area contributed by atoms with E-state index in [4.69, 9.17) is 9.47 Å². The molecule has 2 atom stereocenters. The number of rotatable bonds is 4. The van der Waals surface area contributed by atoms with Gasteiger partial charge < -0.3 is 9.47 Å². The number of carbonyl (C=O) groups is 1. The lowest BCUT2D eigenvalue weighted by Crippen LogP contribution is -1.97. The zero-order valence-corrected chi connectivity index (χ0v) is 9.82. The molecule has 0 N–H and O–H groups in total. The predicted molar refractivity (Wildman–Crippen MR) is 61.1 cm³/mol. The number of methoxy groups -OCH3 is 2. The lowest BCUT2D eigenvalue weighted by Gasteiger charge is -2.09. The molecule has 1 saturated carbocycles. The fraction of sp³-hybridized carbons (Fsp3) is 0.462. The summed E-state index contributed by atoms with van der Waals surface area (Å²) in [7, 11) is 3.27. The second-order valence-corrected chi connectivity index (χ2v) is 4.17. The van der Waals surface area contributed by atoms with E-state index in [1.165, 1.54) is 0 Å². The number of hydrogen-bond donors (Lipinski definition) is 0. The molecule has 0 unspecified atom stereocenters. The number of benzene rings is 1. The van der Waals surface area contributed by atoms with Crippen molar-refractivity contribution < 1.29 is 14.3 Å². The van der Waals surface area contributed by atoms with Gasteiger partial charge in [0.25, 0.3) is 0 Å². The van der Waals surface area contributed by atoms with Crippen molar-refractivity contribution in [1.29, 1.82) is 0 Å². The maximum Gasteiger partial charge on any atom is 0.133 e. The molecule has 0 saturated heterocycles. The molecule has 86 valence electrons. The number of ether oxygens (including phenoxy) is 2. The Hall–Kier alpha value is -1.51. The van der Waals surface area contributed by atoms with Crippen LogP contribution in [0.1, 0.15) is 24.8 Å². The van der Waals surface area contributed by atoms with Gasteiger partial charge in [0.2, 0.25) is 0 Å².